The van der Waals surface area contributed by atoms with Crippen molar-refractivity contribution in [3.05, 3.63) is 78.4 Å². The molecule has 1 aromatic carbocycles. The van der Waals surface area contributed by atoms with Gasteiger partial charge in [0.05, 0.1) is 40.7 Å². The highest BCUT2D eigenvalue weighted by molar-refractivity contribution is 6.40. The third-order valence-electron chi connectivity index (χ3n) is 5.00. The fraction of sp³-hybridized carbons (Fsp3) is 0.136. The number of anilines is 2. The predicted molar refractivity (Wildman–Crippen MR) is 117 cm³/mol. The van der Waals surface area contributed by atoms with Gasteiger partial charge in [0.2, 0.25) is 0 Å². The van der Waals surface area contributed by atoms with Gasteiger partial charge >= 0.3 is 11.8 Å². The first-order valence-corrected chi connectivity index (χ1v) is 9.69. The van der Waals surface area contributed by atoms with Gasteiger partial charge in [-0.2, -0.15) is 5.10 Å². The standard InChI is InChI=1S/C22H21N7O2/c1-14(17-9-5-6-10-24-17)29(13-15-7-3-2-4-8-15)22(31)21(30)27-18-12-25-20(23)16-11-26-28-19(16)18/h2-12,14H,13H2,1H3,(H2,23,25)(H,26,28)(H,27,30). The minimum atomic E-state index is -0.791. The Labute approximate surface area is 178 Å². The molecule has 0 spiro atoms. The normalized spacial score (nSPS) is 11.8. The Morgan fingerprint density at radius 2 is 1.87 bits per heavy atom. The van der Waals surface area contributed by atoms with Crippen LogP contribution in [0.1, 0.15) is 24.2 Å². The molecule has 0 aliphatic rings. The molecule has 3 aromatic heterocycles. The summed E-state index contributed by atoms with van der Waals surface area (Å²) in [4.78, 5) is 36.0. The number of nitrogens with one attached hydrogen (secondary N) is 2. The average Bonchev–Trinajstić information content (AvgIpc) is 3.31. The average molecular weight is 415 g/mol. The van der Waals surface area contributed by atoms with Crippen LogP contribution in [-0.4, -0.2) is 36.9 Å². The quantitative estimate of drug-likeness (QED) is 0.430. The predicted octanol–water partition coefficient (Wildman–Crippen LogP) is 2.66. The second kappa shape index (κ2) is 8.62. The molecular formula is C22H21N7O2. The van der Waals surface area contributed by atoms with Gasteiger partial charge in [0.1, 0.15) is 5.82 Å². The number of pyridine rings is 2. The molecule has 0 aliphatic heterocycles. The van der Waals surface area contributed by atoms with E-state index in [1.165, 1.54) is 17.3 Å². The number of hydrogen-bond acceptors (Lipinski definition) is 6. The van der Waals surface area contributed by atoms with Crippen LogP contribution in [0, 0.1) is 0 Å². The lowest BCUT2D eigenvalue weighted by atomic mass is 10.1. The lowest BCUT2D eigenvalue weighted by molar-refractivity contribution is -0.145. The van der Waals surface area contributed by atoms with Gasteiger partial charge in [-0.3, -0.25) is 19.7 Å². The molecule has 156 valence electrons. The molecule has 4 aromatic rings. The van der Waals surface area contributed by atoms with Crippen LogP contribution in [0.5, 0.6) is 0 Å². The van der Waals surface area contributed by atoms with Crippen molar-refractivity contribution in [3.8, 4) is 0 Å². The van der Waals surface area contributed by atoms with Crippen LogP contribution >= 0.6 is 0 Å². The Bertz CT molecular complexity index is 1210. The molecule has 2 amide bonds. The second-order valence-corrected chi connectivity index (χ2v) is 7.02. The molecule has 0 radical (unpaired) electrons. The maximum absolute atomic E-state index is 13.2. The summed E-state index contributed by atoms with van der Waals surface area (Å²) in [6, 6.07) is 14.5. The molecule has 0 bridgehead atoms. The van der Waals surface area contributed by atoms with Crippen LogP contribution in [0.4, 0.5) is 11.5 Å². The van der Waals surface area contributed by atoms with Crippen molar-refractivity contribution in [2.24, 2.45) is 0 Å². The Hall–Kier alpha value is -4.27. The first-order chi connectivity index (χ1) is 15.0. The van der Waals surface area contributed by atoms with Crippen molar-refractivity contribution in [1.29, 1.82) is 0 Å². The molecule has 0 saturated heterocycles. The van der Waals surface area contributed by atoms with Crippen molar-refractivity contribution in [2.75, 3.05) is 11.1 Å². The number of aromatic amines is 1. The Balaban J connectivity index is 1.62. The summed E-state index contributed by atoms with van der Waals surface area (Å²) in [5.41, 5.74) is 8.24. The van der Waals surface area contributed by atoms with E-state index in [-0.39, 0.29) is 12.4 Å². The molecule has 1 unspecified atom stereocenters. The monoisotopic (exact) mass is 415 g/mol. The first-order valence-electron chi connectivity index (χ1n) is 9.69. The lowest BCUT2D eigenvalue weighted by Gasteiger charge is -2.28. The molecule has 0 fully saturated rings. The van der Waals surface area contributed by atoms with E-state index in [1.807, 2.05) is 49.4 Å². The van der Waals surface area contributed by atoms with Gasteiger partial charge in [0.15, 0.2) is 0 Å². The number of rotatable bonds is 5. The number of nitrogens with zero attached hydrogens (tertiary/aromatic N) is 4. The van der Waals surface area contributed by atoms with Gasteiger partial charge in [-0.15, -0.1) is 0 Å². The molecule has 0 aliphatic carbocycles. The Kier molecular flexibility index (Phi) is 5.57. The zero-order valence-electron chi connectivity index (χ0n) is 16.8. The highest BCUT2D eigenvalue weighted by Crippen LogP contribution is 2.25. The van der Waals surface area contributed by atoms with E-state index in [0.717, 1.165) is 5.56 Å². The molecule has 31 heavy (non-hydrogen) atoms. The summed E-state index contributed by atoms with van der Waals surface area (Å²) < 4.78 is 0. The summed E-state index contributed by atoms with van der Waals surface area (Å²) in [6.07, 6.45) is 4.57. The maximum atomic E-state index is 13.2. The zero-order chi connectivity index (χ0) is 21.8. The number of carbonyl (C=O) groups excluding carboxylic acids is 2. The fourth-order valence-electron chi connectivity index (χ4n) is 3.30. The van der Waals surface area contributed by atoms with Crippen molar-refractivity contribution < 1.29 is 9.59 Å². The van der Waals surface area contributed by atoms with Crippen molar-refractivity contribution in [1.82, 2.24) is 25.1 Å². The summed E-state index contributed by atoms with van der Waals surface area (Å²) in [5, 5.41) is 9.90. The van der Waals surface area contributed by atoms with E-state index >= 15 is 0 Å². The topological polar surface area (TPSA) is 130 Å². The largest absolute Gasteiger partial charge is 0.383 e. The molecule has 9 heteroatoms. The van der Waals surface area contributed by atoms with E-state index in [4.69, 9.17) is 5.73 Å². The van der Waals surface area contributed by atoms with Crippen molar-refractivity contribution in [2.45, 2.75) is 19.5 Å². The number of amides is 2. The van der Waals surface area contributed by atoms with Crippen LogP contribution < -0.4 is 11.1 Å². The number of aromatic nitrogens is 4. The van der Waals surface area contributed by atoms with Crippen LogP contribution in [0.3, 0.4) is 0 Å². The van der Waals surface area contributed by atoms with E-state index in [1.54, 1.807) is 12.3 Å². The molecule has 0 saturated carbocycles. The van der Waals surface area contributed by atoms with E-state index in [2.05, 4.69) is 25.5 Å². The number of fused-ring (bicyclic) bond motifs is 1. The molecule has 3 heterocycles. The van der Waals surface area contributed by atoms with Crippen molar-refractivity contribution >= 4 is 34.2 Å². The summed E-state index contributed by atoms with van der Waals surface area (Å²) in [5.74, 6) is -1.20. The van der Waals surface area contributed by atoms with Crippen molar-refractivity contribution in [3.63, 3.8) is 0 Å². The van der Waals surface area contributed by atoms with Crippen LogP contribution in [0.2, 0.25) is 0 Å². The molecule has 9 nitrogen and oxygen atoms in total. The van der Waals surface area contributed by atoms with Crippen LogP contribution in [0.15, 0.2) is 67.1 Å². The number of hydrogen-bond donors (Lipinski definition) is 3. The number of nitrogen functional groups attached to an aromatic ring is 1. The van der Waals surface area contributed by atoms with Gasteiger partial charge in [-0.25, -0.2) is 4.98 Å². The SMILES string of the molecule is CC(c1ccccn1)N(Cc1ccccc1)C(=O)C(=O)Nc1cnc(N)c2cn[nH]c12. The highest BCUT2D eigenvalue weighted by atomic mass is 16.2. The first kappa shape index (κ1) is 20.0. The molecule has 1 atom stereocenters. The minimum Gasteiger partial charge on any atom is -0.383 e. The van der Waals surface area contributed by atoms with Crippen LogP contribution in [-0.2, 0) is 16.1 Å². The van der Waals surface area contributed by atoms with Gasteiger partial charge in [-0.1, -0.05) is 36.4 Å². The van der Waals surface area contributed by atoms with Gasteiger partial charge in [0.25, 0.3) is 0 Å². The third-order valence-corrected chi connectivity index (χ3v) is 5.00. The van der Waals surface area contributed by atoms with Gasteiger partial charge < -0.3 is 16.0 Å². The number of H-pyrrole nitrogens is 1. The van der Waals surface area contributed by atoms with Gasteiger partial charge in [0, 0.05) is 12.7 Å². The zero-order valence-corrected chi connectivity index (χ0v) is 16.8. The second-order valence-electron chi connectivity index (χ2n) is 7.02. The Morgan fingerprint density at radius 3 is 2.61 bits per heavy atom. The lowest BCUT2D eigenvalue weighted by Crippen LogP contribution is -2.41. The van der Waals surface area contributed by atoms with E-state index in [9.17, 15) is 9.59 Å². The smallest absolute Gasteiger partial charge is 0.314 e. The highest BCUT2D eigenvalue weighted by Gasteiger charge is 2.28. The Morgan fingerprint density at radius 1 is 1.10 bits per heavy atom. The van der Waals surface area contributed by atoms with Gasteiger partial charge in [-0.05, 0) is 24.6 Å². The maximum Gasteiger partial charge on any atom is 0.314 e. The third kappa shape index (κ3) is 4.20. The summed E-state index contributed by atoms with van der Waals surface area (Å²) >= 11 is 0. The molecule has 4 rings (SSSR count). The molecule has 4 N–H and O–H groups in total. The summed E-state index contributed by atoms with van der Waals surface area (Å²) in [7, 11) is 0. The number of carbonyl (C=O) groups is 2. The number of benzene rings is 1. The molecular weight excluding hydrogens is 394 g/mol. The number of nitrogens with two attached hydrogens (primary N) is 1. The minimum absolute atomic E-state index is 0.254. The summed E-state index contributed by atoms with van der Waals surface area (Å²) in [6.45, 7) is 2.10. The fourth-order valence-corrected chi connectivity index (χ4v) is 3.30. The van der Waals surface area contributed by atoms with Crippen LogP contribution in [0.25, 0.3) is 10.9 Å². The van der Waals surface area contributed by atoms with E-state index < -0.39 is 17.9 Å². The van der Waals surface area contributed by atoms with E-state index in [0.29, 0.717) is 22.3 Å².